The van der Waals surface area contributed by atoms with Crippen molar-refractivity contribution in [3.63, 3.8) is 0 Å². The zero-order chi connectivity index (χ0) is 54.9. The molecule has 4 saturated carbocycles. The Labute approximate surface area is 437 Å². The minimum Gasteiger partial charge on any atom is -0.479 e. The van der Waals surface area contributed by atoms with Crippen LogP contribution in [0.5, 0.6) is 0 Å². The van der Waals surface area contributed by atoms with Gasteiger partial charge in [-0.1, -0.05) is 60.1 Å². The quantitative estimate of drug-likeness (QED) is 0.0761. The molecule has 4 heterocycles. The molecule has 75 heavy (non-hydrogen) atoms. The van der Waals surface area contributed by atoms with Crippen molar-refractivity contribution in [2.24, 2.45) is 50.2 Å². The first-order chi connectivity index (χ1) is 35.0. The summed E-state index contributed by atoms with van der Waals surface area (Å²) >= 11 is 0. The first-order valence-electron chi connectivity index (χ1n) is 27.1. The molecule has 4 aliphatic heterocycles. The number of carbonyl (C=O) groups is 2. The van der Waals surface area contributed by atoms with Gasteiger partial charge in [0.15, 0.2) is 25.0 Å². The molecule has 2 unspecified atom stereocenters. The minimum atomic E-state index is -2.04. The highest BCUT2D eigenvalue weighted by Crippen LogP contribution is 2.76. The maximum Gasteiger partial charge on any atom is 0.335 e. The van der Waals surface area contributed by atoms with E-state index in [2.05, 4.69) is 54.5 Å². The summed E-state index contributed by atoms with van der Waals surface area (Å²) in [5, 5.41) is 128. The van der Waals surface area contributed by atoms with Gasteiger partial charge in [0.05, 0.1) is 30.8 Å². The van der Waals surface area contributed by atoms with E-state index in [1.54, 1.807) is 0 Å². The maximum atomic E-state index is 14.8. The van der Waals surface area contributed by atoms with Crippen molar-refractivity contribution < 1.29 is 109 Å². The number of carboxylic acid groups (broad SMARTS) is 1. The minimum absolute atomic E-state index is 0.0291. The molecule has 27 atom stereocenters. The topological polar surface area (TPSA) is 351 Å². The van der Waals surface area contributed by atoms with Crippen LogP contribution in [0.2, 0.25) is 0 Å². The molecule has 0 aromatic heterocycles. The van der Waals surface area contributed by atoms with Crippen LogP contribution >= 0.6 is 0 Å². The molecule has 9 aliphatic rings. The number of esters is 1. The molecule has 0 aromatic rings. The van der Waals surface area contributed by atoms with Crippen molar-refractivity contribution >= 4 is 11.9 Å². The third kappa shape index (κ3) is 9.36. The van der Waals surface area contributed by atoms with Gasteiger partial charge in [-0.05, 0) is 116 Å². The van der Waals surface area contributed by atoms with Crippen LogP contribution in [-0.4, -0.2) is 209 Å². The summed E-state index contributed by atoms with van der Waals surface area (Å²) in [6.45, 7) is 16.0. The van der Waals surface area contributed by atoms with E-state index in [0.717, 1.165) is 32.1 Å². The predicted octanol–water partition coefficient (Wildman–Crippen LogP) is -0.276. The molecule has 428 valence electrons. The van der Waals surface area contributed by atoms with Gasteiger partial charge in [-0.2, -0.15) is 0 Å². The Morgan fingerprint density at radius 3 is 1.96 bits per heavy atom. The number of rotatable bonds is 10. The number of fused-ring (bicyclic) bond motifs is 7. The lowest BCUT2D eigenvalue weighted by Crippen LogP contribution is -2.68. The molecule has 22 heteroatoms. The molecule has 0 spiro atoms. The van der Waals surface area contributed by atoms with Crippen molar-refractivity contribution in [1.29, 1.82) is 0 Å². The molecule has 22 nitrogen and oxygen atoms in total. The summed E-state index contributed by atoms with van der Waals surface area (Å²) in [4.78, 5) is 27.6. The number of carboxylic acids is 1. The van der Waals surface area contributed by atoms with E-state index in [0.29, 0.717) is 32.1 Å². The first-order valence-corrected chi connectivity index (χ1v) is 27.1. The molecule has 9 rings (SSSR count). The SMILES string of the molecule is C[C@@H]1O[C@@H](O[C@H]2[C@H](O)[C@@H](C(=O)O)O[C@@H](O[C@H]3CC[C@@]4(C)C(CC[C@]5(C)C4CC=C4[C@@H]6CC(C)(C)CC[C@]6(C(=O)O[C@@H]6O[C@H](CO)[C@@H](O)[C@H](O)[C@H]6O)CC[C@]45C)C3(C)C)[C@@H]2O[C@@H]2OC[C@@H](O)[C@H](O)[C@H]2O)[C@H](O)[C@H](O)[C@H]1O. The summed E-state index contributed by atoms with van der Waals surface area (Å²) in [5.74, 6) is -2.12. The summed E-state index contributed by atoms with van der Waals surface area (Å²) in [6, 6.07) is 0. The molecular formula is C53H84O22. The van der Waals surface area contributed by atoms with Gasteiger partial charge < -0.3 is 99.2 Å². The van der Waals surface area contributed by atoms with Crippen molar-refractivity contribution in [2.45, 2.75) is 242 Å². The molecule has 0 bridgehead atoms. The van der Waals surface area contributed by atoms with Crippen LogP contribution < -0.4 is 0 Å². The fraction of sp³-hybridized carbons (Fsp3) is 0.925. The fourth-order valence-electron chi connectivity index (χ4n) is 16.2. The van der Waals surface area contributed by atoms with Gasteiger partial charge in [0.2, 0.25) is 6.29 Å². The van der Waals surface area contributed by atoms with Crippen LogP contribution in [0.25, 0.3) is 0 Å². The first kappa shape index (κ1) is 57.6. The smallest absolute Gasteiger partial charge is 0.335 e. The lowest BCUT2D eigenvalue weighted by molar-refractivity contribution is -0.390. The van der Waals surface area contributed by atoms with Gasteiger partial charge in [-0.15, -0.1) is 0 Å². The van der Waals surface area contributed by atoms with Crippen LogP contribution in [-0.2, 0) is 47.5 Å². The molecule has 4 saturated heterocycles. The molecule has 0 radical (unpaired) electrons. The summed E-state index contributed by atoms with van der Waals surface area (Å²) in [5.41, 5.74) is -1.31. The van der Waals surface area contributed by atoms with Gasteiger partial charge >= 0.3 is 11.9 Å². The van der Waals surface area contributed by atoms with Crippen molar-refractivity contribution in [3.8, 4) is 0 Å². The molecular weight excluding hydrogens is 989 g/mol. The van der Waals surface area contributed by atoms with Crippen LogP contribution in [0.1, 0.15) is 120 Å². The highest BCUT2D eigenvalue weighted by atomic mass is 16.8. The number of carbonyl (C=O) groups excluding carboxylic acids is 1. The third-order valence-corrected chi connectivity index (χ3v) is 21.0. The van der Waals surface area contributed by atoms with Gasteiger partial charge in [0.25, 0.3) is 0 Å². The molecule has 0 amide bonds. The number of ether oxygens (including phenoxy) is 8. The van der Waals surface area contributed by atoms with E-state index in [1.165, 1.54) is 12.5 Å². The second-order valence-electron chi connectivity index (χ2n) is 25.8. The second kappa shape index (κ2) is 20.5. The second-order valence-corrected chi connectivity index (χ2v) is 25.8. The Bertz CT molecular complexity index is 2120. The number of aliphatic carboxylic acids is 1. The van der Waals surface area contributed by atoms with E-state index >= 15 is 0 Å². The molecule has 12 N–H and O–H groups in total. The van der Waals surface area contributed by atoms with E-state index in [-0.39, 0.29) is 39.4 Å². The Hall–Kier alpha value is -2.04. The number of allylic oxidation sites excluding steroid dienone is 2. The van der Waals surface area contributed by atoms with Crippen LogP contribution in [0.4, 0.5) is 0 Å². The van der Waals surface area contributed by atoms with Crippen LogP contribution in [0, 0.1) is 50.2 Å². The molecule has 5 aliphatic carbocycles. The van der Waals surface area contributed by atoms with Gasteiger partial charge in [-0.3, -0.25) is 4.79 Å². The Kier molecular flexibility index (Phi) is 15.8. The highest BCUT2D eigenvalue weighted by molar-refractivity contribution is 5.79. The van der Waals surface area contributed by atoms with Crippen LogP contribution in [0.15, 0.2) is 11.6 Å². The molecule has 0 aromatic carbocycles. The summed E-state index contributed by atoms with van der Waals surface area (Å²) in [7, 11) is 0. The van der Waals surface area contributed by atoms with Gasteiger partial charge in [0.1, 0.15) is 79.4 Å². The standard InChI is InChI=1S/C53H84O22/c1-22-30(56)33(59)36(62)44(69-22)72-39-38(64)40(42(65)66)73-46(41(39)74-43-35(61)31(57)25(55)21-68-43)71-29-12-13-50(6)27(49(29,4)5)11-14-52(8)28(50)10-9-23-24-19-48(2,3)15-17-53(24,18-16-51(23,52)7)47(67)75-45-37(63)34(60)32(58)26(20-54)70-45/h9,22,24-41,43-46,54-64H,10-21H2,1-8H3,(H,65,66)/t22-,24-,25+,26+,27?,28?,29-,30-,31-,32+,33+,34-,35+,36+,37+,38-,39-,40-,41+,43-,44-,45-,46+,50-,51+,52+,53-/m0/s1. The zero-order valence-corrected chi connectivity index (χ0v) is 44.3. The van der Waals surface area contributed by atoms with E-state index in [1.807, 2.05) is 0 Å². The average molecular weight is 1070 g/mol. The monoisotopic (exact) mass is 1070 g/mol. The third-order valence-electron chi connectivity index (χ3n) is 21.0. The average Bonchev–Trinajstić information content (AvgIpc) is 3.34. The normalized spacial score (nSPS) is 53.5. The number of aliphatic hydroxyl groups is 11. The number of hydrogen-bond donors (Lipinski definition) is 12. The summed E-state index contributed by atoms with van der Waals surface area (Å²) in [6.07, 6.45) is -23.3. The largest absolute Gasteiger partial charge is 0.479 e. The van der Waals surface area contributed by atoms with E-state index < -0.39 is 159 Å². The van der Waals surface area contributed by atoms with Crippen LogP contribution in [0.3, 0.4) is 0 Å². The zero-order valence-electron chi connectivity index (χ0n) is 44.3. The number of hydrogen-bond acceptors (Lipinski definition) is 21. The Morgan fingerprint density at radius 1 is 0.640 bits per heavy atom. The highest BCUT2D eigenvalue weighted by Gasteiger charge is 2.70. The van der Waals surface area contributed by atoms with Gasteiger partial charge in [0, 0.05) is 0 Å². The van der Waals surface area contributed by atoms with E-state index in [9.17, 15) is 70.9 Å². The summed E-state index contributed by atoms with van der Waals surface area (Å²) < 4.78 is 48.3. The van der Waals surface area contributed by atoms with Crippen molar-refractivity contribution in [3.05, 3.63) is 11.6 Å². The van der Waals surface area contributed by atoms with Crippen molar-refractivity contribution in [1.82, 2.24) is 0 Å². The maximum absolute atomic E-state index is 14.8. The predicted molar refractivity (Wildman–Crippen MR) is 256 cm³/mol. The van der Waals surface area contributed by atoms with Gasteiger partial charge in [-0.25, -0.2) is 4.79 Å². The number of aliphatic hydroxyl groups excluding tert-OH is 11. The fourth-order valence-corrected chi connectivity index (χ4v) is 16.2. The Balaban J connectivity index is 0.994. The lowest BCUT2D eigenvalue weighted by atomic mass is 9.33. The molecule has 8 fully saturated rings. The lowest BCUT2D eigenvalue weighted by Gasteiger charge is -2.71. The van der Waals surface area contributed by atoms with Crippen molar-refractivity contribution in [2.75, 3.05) is 13.2 Å². The Morgan fingerprint density at radius 2 is 1.28 bits per heavy atom. The van der Waals surface area contributed by atoms with E-state index in [4.69, 9.17) is 37.9 Å².